The fourth-order valence-electron chi connectivity index (χ4n) is 3.07. The summed E-state index contributed by atoms with van der Waals surface area (Å²) >= 11 is 2.18. The monoisotopic (exact) mass is 554 g/mol. The maximum Gasteiger partial charge on any atom is 0.261 e. The predicted octanol–water partition coefficient (Wildman–Crippen LogP) is 3.78. The molecule has 0 bridgehead atoms. The van der Waals surface area contributed by atoms with Crippen LogP contribution in [-0.2, 0) is 16.6 Å². The van der Waals surface area contributed by atoms with E-state index in [1.54, 1.807) is 42.5 Å². The van der Waals surface area contributed by atoms with Crippen LogP contribution in [0.4, 0.5) is 5.69 Å². The quantitative estimate of drug-likeness (QED) is 0.332. The Morgan fingerprint density at radius 2 is 1.90 bits per heavy atom. The van der Waals surface area contributed by atoms with Gasteiger partial charge >= 0.3 is 0 Å². The summed E-state index contributed by atoms with van der Waals surface area (Å²) < 4.78 is 30.7. The molecule has 1 unspecified atom stereocenters. The van der Waals surface area contributed by atoms with Crippen molar-refractivity contribution in [3.05, 3.63) is 76.4 Å². The van der Waals surface area contributed by atoms with E-state index < -0.39 is 16.1 Å². The van der Waals surface area contributed by atoms with Crippen LogP contribution in [-0.4, -0.2) is 35.2 Å². The predicted molar refractivity (Wildman–Crippen MR) is 130 cm³/mol. The number of aromatic nitrogens is 2. The second-order valence-electron chi connectivity index (χ2n) is 8.01. The number of aliphatic hydroxyl groups is 1. The van der Waals surface area contributed by atoms with Crippen molar-refractivity contribution in [1.29, 1.82) is 0 Å². The van der Waals surface area contributed by atoms with E-state index in [1.807, 2.05) is 17.1 Å². The third-order valence-electron chi connectivity index (χ3n) is 4.95. The number of anilines is 1. The molecule has 0 saturated heterocycles. The van der Waals surface area contributed by atoms with Gasteiger partial charge in [0.05, 0.1) is 17.3 Å². The summed E-state index contributed by atoms with van der Waals surface area (Å²) in [7, 11) is -3.68. The average Bonchev–Trinajstić information content (AvgIpc) is 3.16. The Labute approximate surface area is 197 Å². The minimum atomic E-state index is -3.68. The molecule has 166 valence electrons. The molecule has 3 aromatic rings. The van der Waals surface area contributed by atoms with Crippen molar-refractivity contribution < 1.29 is 13.5 Å². The van der Waals surface area contributed by atoms with Gasteiger partial charge in [-0.05, 0) is 72.7 Å². The molecular formula is C22H27IN4O3S. The summed E-state index contributed by atoms with van der Waals surface area (Å²) in [4.78, 5) is 4.42. The summed E-state index contributed by atoms with van der Waals surface area (Å²) in [6.45, 7) is 5.35. The topological polar surface area (TPSA) is 96.2 Å². The zero-order chi connectivity index (χ0) is 22.5. The van der Waals surface area contributed by atoms with Gasteiger partial charge in [-0.15, -0.1) is 0 Å². The van der Waals surface area contributed by atoms with Crippen molar-refractivity contribution >= 4 is 38.3 Å². The van der Waals surface area contributed by atoms with Gasteiger partial charge in [-0.25, -0.2) is 13.4 Å². The molecule has 0 spiro atoms. The highest BCUT2D eigenvalue weighted by molar-refractivity contribution is 14.1. The molecular weight excluding hydrogens is 527 g/mol. The number of aliphatic hydroxyl groups excluding tert-OH is 1. The van der Waals surface area contributed by atoms with E-state index in [1.165, 1.54) is 12.1 Å². The smallest absolute Gasteiger partial charge is 0.261 e. The van der Waals surface area contributed by atoms with Crippen molar-refractivity contribution in [3.8, 4) is 0 Å². The van der Waals surface area contributed by atoms with E-state index in [0.717, 1.165) is 16.7 Å². The van der Waals surface area contributed by atoms with E-state index in [4.69, 9.17) is 0 Å². The molecule has 0 radical (unpaired) electrons. The van der Waals surface area contributed by atoms with Crippen molar-refractivity contribution in [2.45, 2.75) is 43.4 Å². The van der Waals surface area contributed by atoms with Crippen LogP contribution >= 0.6 is 22.6 Å². The highest BCUT2D eigenvalue weighted by Gasteiger charge is 2.20. The lowest BCUT2D eigenvalue weighted by atomic mass is 9.99. The number of hydrogen-bond acceptors (Lipinski definition) is 5. The standard InChI is InChI=1S/C22H27IN4O3S/c1-22(2,11-12-27-15-21(23)24-16-27)25-14-20(28)17-7-6-8-18(13-17)26-31(29,30)19-9-4-3-5-10-19/h3-10,13,15-16,20,25-26,28H,11-12,14H2,1-2H3. The van der Waals surface area contributed by atoms with Crippen LogP contribution in [0.15, 0.2) is 72.0 Å². The molecule has 3 rings (SSSR count). The molecule has 1 heterocycles. The van der Waals surface area contributed by atoms with Crippen LogP contribution in [0.1, 0.15) is 31.9 Å². The fourth-order valence-corrected chi connectivity index (χ4v) is 4.62. The Hall–Kier alpha value is -1.95. The molecule has 1 aromatic heterocycles. The van der Waals surface area contributed by atoms with E-state index in [9.17, 15) is 13.5 Å². The molecule has 0 fully saturated rings. The van der Waals surface area contributed by atoms with Crippen molar-refractivity contribution in [1.82, 2.24) is 14.9 Å². The van der Waals surface area contributed by atoms with Crippen molar-refractivity contribution in [3.63, 3.8) is 0 Å². The van der Waals surface area contributed by atoms with Gasteiger partial charge in [0.25, 0.3) is 10.0 Å². The number of aryl methyl sites for hydroxylation is 1. The molecule has 0 aliphatic rings. The molecule has 0 aliphatic heterocycles. The Morgan fingerprint density at radius 3 is 2.58 bits per heavy atom. The van der Waals surface area contributed by atoms with Crippen LogP contribution in [0.25, 0.3) is 0 Å². The SMILES string of the molecule is CC(C)(CCn1cnc(I)c1)NCC(O)c1cccc(NS(=O)(=O)c2ccccc2)c1. The van der Waals surface area contributed by atoms with Gasteiger partial charge in [0.15, 0.2) is 0 Å². The van der Waals surface area contributed by atoms with Gasteiger partial charge in [0.2, 0.25) is 0 Å². The number of halogens is 1. The van der Waals surface area contributed by atoms with Gasteiger partial charge < -0.3 is 15.0 Å². The molecule has 31 heavy (non-hydrogen) atoms. The third-order valence-corrected chi connectivity index (χ3v) is 6.90. The summed E-state index contributed by atoms with van der Waals surface area (Å²) in [5.74, 6) is 0. The summed E-state index contributed by atoms with van der Waals surface area (Å²) in [6.07, 6.45) is 3.90. The van der Waals surface area contributed by atoms with Gasteiger partial charge in [0.1, 0.15) is 3.70 Å². The van der Waals surface area contributed by atoms with E-state index in [2.05, 4.69) is 51.5 Å². The highest BCUT2D eigenvalue weighted by Crippen LogP contribution is 2.21. The molecule has 7 nitrogen and oxygen atoms in total. The third kappa shape index (κ3) is 7.03. The number of nitrogens with one attached hydrogen (secondary N) is 2. The fraction of sp³-hybridized carbons (Fsp3) is 0.318. The number of nitrogens with zero attached hydrogens (tertiary/aromatic N) is 2. The number of benzene rings is 2. The lowest BCUT2D eigenvalue weighted by molar-refractivity contribution is 0.158. The van der Waals surface area contributed by atoms with Crippen LogP contribution < -0.4 is 10.0 Å². The number of sulfonamides is 1. The van der Waals surface area contributed by atoms with Gasteiger partial charge in [0, 0.05) is 30.5 Å². The van der Waals surface area contributed by atoms with E-state index in [0.29, 0.717) is 17.8 Å². The maximum atomic E-state index is 12.5. The Balaban J connectivity index is 1.58. The first-order valence-electron chi connectivity index (χ1n) is 9.93. The zero-order valence-electron chi connectivity index (χ0n) is 17.5. The van der Waals surface area contributed by atoms with Gasteiger partial charge in [-0.3, -0.25) is 4.72 Å². The lowest BCUT2D eigenvalue weighted by Crippen LogP contribution is -2.42. The largest absolute Gasteiger partial charge is 0.387 e. The van der Waals surface area contributed by atoms with Crippen molar-refractivity contribution in [2.24, 2.45) is 0 Å². The first-order valence-corrected chi connectivity index (χ1v) is 12.5. The Kier molecular flexibility index (Phi) is 7.73. The minimum absolute atomic E-state index is 0.191. The summed E-state index contributed by atoms with van der Waals surface area (Å²) in [5.41, 5.74) is 0.860. The number of rotatable bonds is 10. The van der Waals surface area contributed by atoms with Gasteiger partial charge in [-0.2, -0.15) is 0 Å². The van der Waals surface area contributed by atoms with E-state index in [-0.39, 0.29) is 10.4 Å². The second-order valence-corrected chi connectivity index (χ2v) is 10.8. The molecule has 3 N–H and O–H groups in total. The maximum absolute atomic E-state index is 12.5. The number of β-amino-alcohol motifs (C(OH)–C–C–N with tert-alkyl or cyclic N) is 1. The zero-order valence-corrected chi connectivity index (χ0v) is 20.5. The normalized spacial score (nSPS) is 13.2. The first kappa shape index (κ1) is 23.7. The van der Waals surface area contributed by atoms with Crippen LogP contribution in [0.3, 0.4) is 0 Å². The molecule has 0 aliphatic carbocycles. The van der Waals surface area contributed by atoms with E-state index >= 15 is 0 Å². The molecule has 0 amide bonds. The minimum Gasteiger partial charge on any atom is -0.387 e. The molecule has 0 saturated carbocycles. The number of imidazole rings is 1. The highest BCUT2D eigenvalue weighted by atomic mass is 127. The van der Waals surface area contributed by atoms with Crippen LogP contribution in [0, 0.1) is 3.70 Å². The van der Waals surface area contributed by atoms with Crippen molar-refractivity contribution in [2.75, 3.05) is 11.3 Å². The average molecular weight is 554 g/mol. The summed E-state index contributed by atoms with van der Waals surface area (Å²) in [6, 6.07) is 15.0. The lowest BCUT2D eigenvalue weighted by Gasteiger charge is -2.28. The second kappa shape index (κ2) is 10.1. The van der Waals surface area contributed by atoms with Crippen LogP contribution in [0.2, 0.25) is 0 Å². The molecule has 2 aromatic carbocycles. The Morgan fingerprint density at radius 1 is 1.16 bits per heavy atom. The molecule has 9 heteroatoms. The number of hydrogen-bond donors (Lipinski definition) is 3. The Bertz CT molecular complexity index is 1100. The van der Waals surface area contributed by atoms with Crippen LogP contribution in [0.5, 0.6) is 0 Å². The van der Waals surface area contributed by atoms with Gasteiger partial charge in [-0.1, -0.05) is 30.3 Å². The molecule has 1 atom stereocenters. The first-order chi connectivity index (χ1) is 14.6. The summed E-state index contributed by atoms with van der Waals surface area (Å²) in [5, 5.41) is 14.1.